The van der Waals surface area contributed by atoms with Crippen molar-refractivity contribution in [2.45, 2.75) is 72.3 Å². The van der Waals surface area contributed by atoms with Gasteiger partial charge in [0.15, 0.2) is 0 Å². The number of nitrogens with zero attached hydrogens (tertiary/aromatic N) is 3. The normalized spacial score (nSPS) is 25.0. The highest BCUT2D eigenvalue weighted by molar-refractivity contribution is 5.83. The molecule has 2 aliphatic heterocycles. The molecule has 5 heteroatoms. The van der Waals surface area contributed by atoms with Gasteiger partial charge in [0.05, 0.1) is 6.04 Å². The molecule has 2 saturated heterocycles. The molecule has 0 spiro atoms. The lowest BCUT2D eigenvalue weighted by atomic mass is 9.91. The van der Waals surface area contributed by atoms with Gasteiger partial charge in [-0.1, -0.05) is 40.5 Å². The van der Waals surface area contributed by atoms with Crippen LogP contribution < -0.4 is 0 Å². The van der Waals surface area contributed by atoms with Crippen LogP contribution in [-0.2, 0) is 9.59 Å². The Balaban J connectivity index is 1.66. The maximum atomic E-state index is 13.5. The summed E-state index contributed by atoms with van der Waals surface area (Å²) < 4.78 is 0. The number of carbonyl (C=O) groups excluding carboxylic acids is 2. The number of piperazine rings is 1. The van der Waals surface area contributed by atoms with Gasteiger partial charge in [-0.3, -0.25) is 14.5 Å². The smallest absolute Gasteiger partial charge is 0.240 e. The average molecular weight is 378 g/mol. The van der Waals surface area contributed by atoms with E-state index in [-0.39, 0.29) is 17.4 Å². The number of hydrogen-bond donors (Lipinski definition) is 0. The van der Waals surface area contributed by atoms with Crippen molar-refractivity contribution in [1.29, 1.82) is 0 Å². The molecule has 154 valence electrons. The standard InChI is InChI=1S/C22H39N3O2/c1-17-9-11-24(12-10-17)20(26)19(18-7-5-6-8-18)23-13-15-25(16-14-23)21(27)22(2,3)4/h17-19H,5-16H2,1-4H3. The van der Waals surface area contributed by atoms with Gasteiger partial charge in [-0.15, -0.1) is 0 Å². The van der Waals surface area contributed by atoms with Crippen molar-refractivity contribution in [2.24, 2.45) is 17.3 Å². The monoisotopic (exact) mass is 377 g/mol. The molecular weight excluding hydrogens is 338 g/mol. The molecule has 0 radical (unpaired) electrons. The first-order valence-electron chi connectivity index (χ1n) is 11.1. The van der Waals surface area contributed by atoms with Crippen molar-refractivity contribution in [2.75, 3.05) is 39.3 Å². The number of likely N-dealkylation sites (tertiary alicyclic amines) is 1. The first-order chi connectivity index (χ1) is 12.8. The Morgan fingerprint density at radius 1 is 0.815 bits per heavy atom. The number of carbonyl (C=O) groups is 2. The van der Waals surface area contributed by atoms with E-state index < -0.39 is 0 Å². The van der Waals surface area contributed by atoms with Crippen molar-refractivity contribution in [3.8, 4) is 0 Å². The quantitative estimate of drug-likeness (QED) is 0.759. The Labute approximate surface area is 165 Å². The van der Waals surface area contributed by atoms with E-state index in [1.165, 1.54) is 25.7 Å². The van der Waals surface area contributed by atoms with Gasteiger partial charge >= 0.3 is 0 Å². The fourth-order valence-corrected chi connectivity index (χ4v) is 5.02. The SMILES string of the molecule is CC1CCN(C(=O)C(C2CCCC2)N2CCN(C(=O)C(C)(C)C)CC2)CC1. The van der Waals surface area contributed by atoms with E-state index in [9.17, 15) is 9.59 Å². The zero-order chi connectivity index (χ0) is 19.6. The second-order valence-corrected chi connectivity index (χ2v) is 10.1. The van der Waals surface area contributed by atoms with Crippen LogP contribution >= 0.6 is 0 Å². The minimum atomic E-state index is -0.326. The summed E-state index contributed by atoms with van der Waals surface area (Å²) in [5, 5.41) is 0. The third kappa shape index (κ3) is 4.85. The number of rotatable bonds is 3. The molecule has 1 atom stereocenters. The largest absolute Gasteiger partial charge is 0.341 e. The Kier molecular flexibility index (Phi) is 6.50. The molecule has 1 saturated carbocycles. The molecule has 5 nitrogen and oxygen atoms in total. The van der Waals surface area contributed by atoms with Crippen LogP contribution in [0.4, 0.5) is 0 Å². The molecule has 2 heterocycles. The number of amides is 2. The Bertz CT molecular complexity index is 520. The van der Waals surface area contributed by atoms with Crippen LogP contribution in [0, 0.1) is 17.3 Å². The molecule has 0 bridgehead atoms. The summed E-state index contributed by atoms with van der Waals surface area (Å²) in [5.74, 6) is 1.84. The summed E-state index contributed by atoms with van der Waals surface area (Å²) in [6, 6.07) is 0.0350. The van der Waals surface area contributed by atoms with Crippen molar-refractivity contribution < 1.29 is 9.59 Å². The predicted molar refractivity (Wildman–Crippen MR) is 108 cm³/mol. The van der Waals surface area contributed by atoms with Gasteiger partial charge in [-0.25, -0.2) is 0 Å². The number of piperidine rings is 1. The van der Waals surface area contributed by atoms with Crippen LogP contribution in [0.15, 0.2) is 0 Å². The molecule has 1 unspecified atom stereocenters. The molecule has 0 N–H and O–H groups in total. The second-order valence-electron chi connectivity index (χ2n) is 10.1. The lowest BCUT2D eigenvalue weighted by molar-refractivity contribution is -0.145. The molecular formula is C22H39N3O2. The topological polar surface area (TPSA) is 43.9 Å². The van der Waals surface area contributed by atoms with Crippen molar-refractivity contribution >= 4 is 11.8 Å². The van der Waals surface area contributed by atoms with Crippen molar-refractivity contribution in [1.82, 2.24) is 14.7 Å². The third-order valence-electron chi connectivity index (χ3n) is 6.83. The molecule has 3 rings (SSSR count). The highest BCUT2D eigenvalue weighted by Gasteiger charge is 2.40. The third-order valence-corrected chi connectivity index (χ3v) is 6.83. The Morgan fingerprint density at radius 3 is 1.89 bits per heavy atom. The first-order valence-corrected chi connectivity index (χ1v) is 11.1. The van der Waals surface area contributed by atoms with Crippen LogP contribution in [-0.4, -0.2) is 71.8 Å². The van der Waals surface area contributed by atoms with Crippen LogP contribution in [0.3, 0.4) is 0 Å². The molecule has 3 aliphatic rings. The van der Waals surface area contributed by atoms with Gasteiger partial charge in [0.1, 0.15) is 0 Å². The lowest BCUT2D eigenvalue weighted by Crippen LogP contribution is -2.59. The summed E-state index contributed by atoms with van der Waals surface area (Å²) in [4.78, 5) is 32.6. The van der Waals surface area contributed by atoms with Gasteiger partial charge in [0.25, 0.3) is 0 Å². The second kappa shape index (κ2) is 8.50. The van der Waals surface area contributed by atoms with E-state index in [2.05, 4.69) is 16.7 Å². The van der Waals surface area contributed by atoms with E-state index in [1.807, 2.05) is 25.7 Å². The molecule has 1 aliphatic carbocycles. The van der Waals surface area contributed by atoms with Gasteiger partial charge in [-0.05, 0) is 37.5 Å². The maximum Gasteiger partial charge on any atom is 0.240 e. The average Bonchev–Trinajstić information content (AvgIpc) is 3.16. The Morgan fingerprint density at radius 2 is 1.37 bits per heavy atom. The van der Waals surface area contributed by atoms with Crippen LogP contribution in [0.5, 0.6) is 0 Å². The molecule has 2 amide bonds. The first kappa shape index (κ1) is 20.6. The summed E-state index contributed by atoms with van der Waals surface area (Å²) >= 11 is 0. The molecule has 27 heavy (non-hydrogen) atoms. The zero-order valence-electron chi connectivity index (χ0n) is 17.9. The van der Waals surface area contributed by atoms with E-state index in [0.29, 0.717) is 11.8 Å². The van der Waals surface area contributed by atoms with Gasteiger partial charge in [0.2, 0.25) is 11.8 Å². The fourth-order valence-electron chi connectivity index (χ4n) is 5.02. The minimum Gasteiger partial charge on any atom is -0.341 e. The highest BCUT2D eigenvalue weighted by Crippen LogP contribution is 2.33. The van der Waals surface area contributed by atoms with Gasteiger partial charge in [-0.2, -0.15) is 0 Å². The van der Waals surface area contributed by atoms with E-state index in [4.69, 9.17) is 0 Å². The molecule has 3 fully saturated rings. The van der Waals surface area contributed by atoms with Crippen LogP contribution in [0.25, 0.3) is 0 Å². The van der Waals surface area contributed by atoms with E-state index in [1.54, 1.807) is 0 Å². The highest BCUT2D eigenvalue weighted by atomic mass is 16.2. The fraction of sp³-hybridized carbons (Fsp3) is 0.909. The summed E-state index contributed by atoms with van der Waals surface area (Å²) in [6.07, 6.45) is 7.15. The molecule has 0 aromatic rings. The zero-order valence-corrected chi connectivity index (χ0v) is 17.9. The van der Waals surface area contributed by atoms with Gasteiger partial charge in [0, 0.05) is 44.7 Å². The van der Waals surface area contributed by atoms with E-state index >= 15 is 0 Å². The van der Waals surface area contributed by atoms with Crippen molar-refractivity contribution in [3.05, 3.63) is 0 Å². The summed E-state index contributed by atoms with van der Waals surface area (Å²) in [7, 11) is 0. The van der Waals surface area contributed by atoms with Crippen LogP contribution in [0.2, 0.25) is 0 Å². The summed E-state index contributed by atoms with van der Waals surface area (Å²) in [6.45, 7) is 13.3. The Hall–Kier alpha value is -1.10. The summed E-state index contributed by atoms with van der Waals surface area (Å²) in [5.41, 5.74) is -0.326. The van der Waals surface area contributed by atoms with Crippen molar-refractivity contribution in [3.63, 3.8) is 0 Å². The maximum absolute atomic E-state index is 13.5. The minimum absolute atomic E-state index is 0.0350. The lowest BCUT2D eigenvalue weighted by Gasteiger charge is -2.44. The van der Waals surface area contributed by atoms with E-state index in [0.717, 1.165) is 58.0 Å². The molecule has 0 aromatic carbocycles. The molecule has 0 aromatic heterocycles. The number of hydrogen-bond acceptors (Lipinski definition) is 3. The predicted octanol–water partition coefficient (Wildman–Crippen LogP) is 2.99. The van der Waals surface area contributed by atoms with Crippen LogP contribution in [0.1, 0.15) is 66.2 Å². The van der Waals surface area contributed by atoms with Gasteiger partial charge < -0.3 is 9.80 Å².